The Hall–Kier alpha value is -2.07. The number of nitrogens with one attached hydrogen (secondary N) is 1. The zero-order valence-electron chi connectivity index (χ0n) is 12.3. The fourth-order valence-electron chi connectivity index (χ4n) is 2.23. The van der Waals surface area contributed by atoms with E-state index in [1.54, 1.807) is 6.26 Å². The highest BCUT2D eigenvalue weighted by Gasteiger charge is 2.10. The molecular weight excluding hydrogens is 264 g/mol. The predicted molar refractivity (Wildman–Crippen MR) is 83.2 cm³/mol. The van der Waals surface area contributed by atoms with Gasteiger partial charge < -0.3 is 15.5 Å². The first-order valence-electron chi connectivity index (χ1n) is 7.31. The minimum atomic E-state index is -0.0409. The summed E-state index contributed by atoms with van der Waals surface area (Å²) in [7, 11) is 0. The topological polar surface area (TPSA) is 68.3 Å². The van der Waals surface area contributed by atoms with Crippen LogP contribution in [0.15, 0.2) is 47.1 Å². The first-order valence-corrected chi connectivity index (χ1v) is 7.31. The predicted octanol–water partition coefficient (Wildman–Crippen LogP) is 2.53. The van der Waals surface area contributed by atoms with Crippen LogP contribution >= 0.6 is 0 Å². The van der Waals surface area contributed by atoms with E-state index in [0.717, 1.165) is 30.6 Å². The van der Waals surface area contributed by atoms with Gasteiger partial charge in [0.25, 0.3) is 5.91 Å². The van der Waals surface area contributed by atoms with Gasteiger partial charge in [0, 0.05) is 18.0 Å². The van der Waals surface area contributed by atoms with Gasteiger partial charge in [0.2, 0.25) is 0 Å². The molecule has 0 aliphatic rings. The summed E-state index contributed by atoms with van der Waals surface area (Å²) in [5, 5.41) is 3.02. The molecule has 0 spiro atoms. The quantitative estimate of drug-likeness (QED) is 0.822. The second-order valence-electron chi connectivity index (χ2n) is 5.23. The number of hydrogen-bond acceptors (Lipinski definition) is 3. The Balaban J connectivity index is 1.86. The molecule has 3 N–H and O–H groups in total. The average molecular weight is 286 g/mol. The van der Waals surface area contributed by atoms with E-state index in [1.807, 2.05) is 43.3 Å². The van der Waals surface area contributed by atoms with Gasteiger partial charge in [0.1, 0.15) is 5.76 Å². The van der Waals surface area contributed by atoms with E-state index < -0.39 is 0 Å². The van der Waals surface area contributed by atoms with E-state index in [0.29, 0.717) is 12.1 Å². The molecule has 0 aliphatic heterocycles. The molecule has 112 valence electrons. The summed E-state index contributed by atoms with van der Waals surface area (Å²) in [6, 6.07) is 11.5. The zero-order valence-corrected chi connectivity index (χ0v) is 12.3. The lowest BCUT2D eigenvalue weighted by Crippen LogP contribution is -2.32. The highest BCUT2D eigenvalue weighted by Crippen LogP contribution is 2.08. The summed E-state index contributed by atoms with van der Waals surface area (Å²) in [6.45, 7) is 2.59. The van der Waals surface area contributed by atoms with Crippen molar-refractivity contribution in [2.24, 2.45) is 5.73 Å². The van der Waals surface area contributed by atoms with Gasteiger partial charge in [0.05, 0.1) is 6.26 Å². The van der Waals surface area contributed by atoms with Crippen molar-refractivity contribution in [3.8, 4) is 0 Å². The molecule has 2 aromatic rings. The molecule has 0 aliphatic carbocycles. The fourth-order valence-corrected chi connectivity index (χ4v) is 2.23. The van der Waals surface area contributed by atoms with Crippen LogP contribution in [0.2, 0.25) is 0 Å². The molecule has 2 rings (SSSR count). The van der Waals surface area contributed by atoms with Crippen LogP contribution in [0.1, 0.15) is 35.0 Å². The van der Waals surface area contributed by atoms with Gasteiger partial charge in [-0.1, -0.05) is 12.1 Å². The van der Waals surface area contributed by atoms with E-state index in [4.69, 9.17) is 10.2 Å². The lowest BCUT2D eigenvalue weighted by molar-refractivity contribution is 0.0938. The monoisotopic (exact) mass is 286 g/mol. The number of carbonyl (C=O) groups excluding carboxylic acids is 1. The molecule has 1 heterocycles. The van der Waals surface area contributed by atoms with E-state index in [9.17, 15) is 4.79 Å². The van der Waals surface area contributed by atoms with Crippen molar-refractivity contribution in [3.63, 3.8) is 0 Å². The zero-order chi connectivity index (χ0) is 15.1. The Bertz CT molecular complexity index is 564. The summed E-state index contributed by atoms with van der Waals surface area (Å²) < 4.78 is 5.29. The first-order chi connectivity index (χ1) is 10.2. The van der Waals surface area contributed by atoms with Crippen molar-refractivity contribution in [2.75, 3.05) is 6.54 Å². The van der Waals surface area contributed by atoms with Gasteiger partial charge in [-0.3, -0.25) is 4.79 Å². The summed E-state index contributed by atoms with van der Waals surface area (Å²) >= 11 is 0. The van der Waals surface area contributed by atoms with Gasteiger partial charge in [-0.25, -0.2) is 0 Å². The minimum absolute atomic E-state index is 0.0409. The van der Waals surface area contributed by atoms with Gasteiger partial charge in [-0.05, 0) is 56.1 Å². The van der Waals surface area contributed by atoms with Gasteiger partial charge in [0.15, 0.2) is 0 Å². The van der Waals surface area contributed by atoms with Gasteiger partial charge >= 0.3 is 0 Å². The fraction of sp³-hybridized carbons (Fsp3) is 0.353. The Morgan fingerprint density at radius 1 is 1.29 bits per heavy atom. The summed E-state index contributed by atoms with van der Waals surface area (Å²) in [5.74, 6) is 0.904. The molecular formula is C17H22N2O2. The Morgan fingerprint density at radius 2 is 2.14 bits per heavy atom. The number of hydrogen-bond donors (Lipinski definition) is 2. The van der Waals surface area contributed by atoms with Crippen molar-refractivity contribution in [1.82, 2.24) is 5.32 Å². The normalized spacial score (nSPS) is 12.1. The van der Waals surface area contributed by atoms with Gasteiger partial charge in [-0.2, -0.15) is 0 Å². The maximum atomic E-state index is 12.2. The van der Waals surface area contributed by atoms with Crippen LogP contribution in [0.4, 0.5) is 0 Å². The third-order valence-corrected chi connectivity index (χ3v) is 3.40. The van der Waals surface area contributed by atoms with E-state index in [1.165, 1.54) is 0 Å². The summed E-state index contributed by atoms with van der Waals surface area (Å²) in [5.41, 5.74) is 7.32. The standard InChI is InChI=1S/C17H22N2O2/c1-13(7-8-16-6-3-11-21-16)19-17(20)15-5-2-4-14(12-15)9-10-18/h2-6,11-13H,7-10,18H2,1H3,(H,19,20). The number of amides is 1. The second-order valence-corrected chi connectivity index (χ2v) is 5.23. The maximum absolute atomic E-state index is 12.2. The van der Waals surface area contributed by atoms with Crippen LogP contribution < -0.4 is 11.1 Å². The first kappa shape index (κ1) is 15.3. The number of nitrogens with two attached hydrogens (primary N) is 1. The van der Waals surface area contributed by atoms with Crippen LogP contribution in [-0.2, 0) is 12.8 Å². The summed E-state index contributed by atoms with van der Waals surface area (Å²) in [4.78, 5) is 12.2. The van der Waals surface area contributed by atoms with Crippen LogP contribution in [-0.4, -0.2) is 18.5 Å². The number of furan rings is 1. The van der Waals surface area contributed by atoms with Gasteiger partial charge in [-0.15, -0.1) is 0 Å². The molecule has 1 unspecified atom stereocenters. The highest BCUT2D eigenvalue weighted by molar-refractivity contribution is 5.94. The number of benzene rings is 1. The Labute approximate surface area is 125 Å². The van der Waals surface area contributed by atoms with E-state index in [-0.39, 0.29) is 11.9 Å². The van der Waals surface area contributed by atoms with Crippen molar-refractivity contribution in [3.05, 3.63) is 59.5 Å². The Kier molecular flexibility index (Phi) is 5.58. The number of aryl methyl sites for hydroxylation is 1. The molecule has 0 saturated carbocycles. The molecule has 4 heteroatoms. The molecule has 0 bridgehead atoms. The van der Waals surface area contributed by atoms with Crippen molar-refractivity contribution >= 4 is 5.91 Å². The van der Waals surface area contributed by atoms with Crippen LogP contribution in [0.25, 0.3) is 0 Å². The van der Waals surface area contributed by atoms with Crippen LogP contribution in [0, 0.1) is 0 Å². The van der Waals surface area contributed by atoms with Crippen molar-refractivity contribution < 1.29 is 9.21 Å². The lowest BCUT2D eigenvalue weighted by Gasteiger charge is -2.13. The third kappa shape index (κ3) is 4.76. The van der Waals surface area contributed by atoms with Crippen LogP contribution in [0.3, 0.4) is 0 Å². The molecule has 0 radical (unpaired) electrons. The van der Waals surface area contributed by atoms with E-state index >= 15 is 0 Å². The second kappa shape index (κ2) is 7.64. The SMILES string of the molecule is CC(CCc1ccco1)NC(=O)c1cccc(CCN)c1. The molecule has 1 aromatic carbocycles. The number of carbonyl (C=O) groups is 1. The number of rotatable bonds is 7. The molecule has 0 fully saturated rings. The molecule has 4 nitrogen and oxygen atoms in total. The lowest BCUT2D eigenvalue weighted by atomic mass is 10.1. The average Bonchev–Trinajstić information content (AvgIpc) is 2.99. The minimum Gasteiger partial charge on any atom is -0.469 e. The van der Waals surface area contributed by atoms with Crippen molar-refractivity contribution in [2.45, 2.75) is 32.2 Å². The molecule has 1 amide bonds. The smallest absolute Gasteiger partial charge is 0.251 e. The van der Waals surface area contributed by atoms with E-state index in [2.05, 4.69) is 5.32 Å². The third-order valence-electron chi connectivity index (χ3n) is 3.40. The van der Waals surface area contributed by atoms with Crippen molar-refractivity contribution in [1.29, 1.82) is 0 Å². The largest absolute Gasteiger partial charge is 0.469 e. The maximum Gasteiger partial charge on any atom is 0.251 e. The highest BCUT2D eigenvalue weighted by atomic mass is 16.3. The summed E-state index contributed by atoms with van der Waals surface area (Å²) in [6.07, 6.45) is 4.13. The molecule has 1 aromatic heterocycles. The molecule has 1 atom stereocenters. The molecule has 21 heavy (non-hydrogen) atoms. The Morgan fingerprint density at radius 3 is 2.86 bits per heavy atom. The molecule has 0 saturated heterocycles. The van der Waals surface area contributed by atoms with Crippen LogP contribution in [0.5, 0.6) is 0 Å².